The van der Waals surface area contributed by atoms with E-state index in [1.165, 1.54) is 22.2 Å². The van der Waals surface area contributed by atoms with Gasteiger partial charge in [-0.05, 0) is 38.1 Å². The number of aromatic amines is 1. The van der Waals surface area contributed by atoms with Gasteiger partial charge in [0.15, 0.2) is 0 Å². The van der Waals surface area contributed by atoms with Gasteiger partial charge in [0.05, 0.1) is 27.1 Å². The summed E-state index contributed by atoms with van der Waals surface area (Å²) >= 11 is 1.42. The molecule has 4 aromatic rings. The number of para-hydroxylation sites is 1. The summed E-state index contributed by atoms with van der Waals surface area (Å²) in [5.41, 5.74) is 4.84. The second kappa shape index (κ2) is 7.20. The van der Waals surface area contributed by atoms with E-state index in [1.54, 1.807) is 32.2 Å². The number of benzene rings is 1. The third-order valence-corrected chi connectivity index (χ3v) is 5.18. The van der Waals surface area contributed by atoms with Crippen LogP contribution in [0.3, 0.4) is 0 Å². The second-order valence-electron chi connectivity index (χ2n) is 6.10. The third-order valence-electron chi connectivity index (χ3n) is 4.16. The van der Waals surface area contributed by atoms with Crippen LogP contribution in [-0.4, -0.2) is 31.4 Å². The number of hydrazone groups is 1. The minimum atomic E-state index is -0.396. The van der Waals surface area contributed by atoms with Crippen LogP contribution in [0.4, 0.5) is 0 Å². The quantitative estimate of drug-likeness (QED) is 0.411. The van der Waals surface area contributed by atoms with Crippen molar-refractivity contribution in [2.24, 2.45) is 5.10 Å². The maximum Gasteiger partial charge on any atom is 0.282 e. The number of rotatable bonds is 4. The number of carbonyl (C=O) groups is 1. The summed E-state index contributed by atoms with van der Waals surface area (Å²) in [5.74, 6) is -0.396. The maximum atomic E-state index is 12.9. The van der Waals surface area contributed by atoms with E-state index in [0.717, 1.165) is 10.2 Å². The number of H-pyrrole nitrogens is 1. The summed E-state index contributed by atoms with van der Waals surface area (Å²) in [7, 11) is 0. The molecule has 0 fully saturated rings. The summed E-state index contributed by atoms with van der Waals surface area (Å²) in [6.07, 6.45) is 3.03. The molecule has 0 aliphatic rings. The molecule has 8 nitrogen and oxygen atoms in total. The van der Waals surface area contributed by atoms with Crippen LogP contribution in [0.1, 0.15) is 28.5 Å². The summed E-state index contributed by atoms with van der Waals surface area (Å²) in [5, 5.41) is 7.67. The van der Waals surface area contributed by atoms with Gasteiger partial charge in [-0.25, -0.2) is 10.4 Å². The third kappa shape index (κ3) is 3.23. The standard InChI is InChI=1S/C19H16N6O2S/c1-11(22-23-17(26)13-6-5-9-20-10-13)16-12(2)24-25(18(16)27)19-21-14-7-3-4-8-15(14)28-19/h3-10,24H,1-2H3,(H,23,26)/b22-11-. The van der Waals surface area contributed by atoms with Crippen molar-refractivity contribution in [3.8, 4) is 5.13 Å². The van der Waals surface area contributed by atoms with Crippen LogP contribution in [0.5, 0.6) is 0 Å². The molecule has 28 heavy (non-hydrogen) atoms. The lowest BCUT2D eigenvalue weighted by Gasteiger charge is -2.01. The van der Waals surface area contributed by atoms with Crippen LogP contribution in [0, 0.1) is 6.92 Å². The maximum absolute atomic E-state index is 12.9. The van der Waals surface area contributed by atoms with Gasteiger partial charge in [-0.2, -0.15) is 9.78 Å². The Morgan fingerprint density at radius 3 is 2.82 bits per heavy atom. The fraction of sp³-hybridized carbons (Fsp3) is 0.105. The van der Waals surface area contributed by atoms with E-state index in [-0.39, 0.29) is 5.56 Å². The zero-order chi connectivity index (χ0) is 19.7. The first-order chi connectivity index (χ1) is 13.5. The molecule has 0 aliphatic heterocycles. The van der Waals surface area contributed by atoms with E-state index in [9.17, 15) is 9.59 Å². The smallest absolute Gasteiger partial charge is 0.282 e. The number of nitrogens with one attached hydrogen (secondary N) is 2. The Morgan fingerprint density at radius 2 is 2.07 bits per heavy atom. The fourth-order valence-electron chi connectivity index (χ4n) is 2.82. The van der Waals surface area contributed by atoms with Crippen molar-refractivity contribution in [1.29, 1.82) is 0 Å². The zero-order valence-corrected chi connectivity index (χ0v) is 15.9. The van der Waals surface area contributed by atoms with Crippen molar-refractivity contribution in [3.05, 3.63) is 76.0 Å². The van der Waals surface area contributed by atoms with E-state index in [4.69, 9.17) is 0 Å². The number of aromatic nitrogens is 4. The highest BCUT2D eigenvalue weighted by atomic mass is 32.1. The average molecular weight is 392 g/mol. The molecule has 0 unspecified atom stereocenters. The molecule has 0 radical (unpaired) electrons. The van der Waals surface area contributed by atoms with Crippen molar-refractivity contribution in [2.75, 3.05) is 0 Å². The molecule has 1 aromatic carbocycles. The highest BCUT2D eigenvalue weighted by Crippen LogP contribution is 2.23. The Labute approximate surface area is 163 Å². The molecular weight excluding hydrogens is 376 g/mol. The van der Waals surface area contributed by atoms with Crippen molar-refractivity contribution in [1.82, 2.24) is 25.2 Å². The van der Waals surface area contributed by atoms with Crippen LogP contribution < -0.4 is 11.0 Å². The van der Waals surface area contributed by atoms with Crippen LogP contribution in [0.2, 0.25) is 0 Å². The number of fused-ring (bicyclic) bond motifs is 1. The Balaban J connectivity index is 1.65. The zero-order valence-electron chi connectivity index (χ0n) is 15.1. The van der Waals surface area contributed by atoms with Gasteiger partial charge in [0.2, 0.25) is 5.13 Å². The summed E-state index contributed by atoms with van der Waals surface area (Å²) in [4.78, 5) is 33.4. The molecule has 0 bridgehead atoms. The van der Waals surface area contributed by atoms with Crippen molar-refractivity contribution >= 4 is 33.2 Å². The van der Waals surface area contributed by atoms with Gasteiger partial charge in [-0.3, -0.25) is 19.7 Å². The van der Waals surface area contributed by atoms with Gasteiger partial charge in [-0.1, -0.05) is 23.5 Å². The molecule has 0 atom stereocenters. The molecule has 0 aliphatic carbocycles. The van der Waals surface area contributed by atoms with Crippen LogP contribution in [0.25, 0.3) is 15.3 Å². The highest BCUT2D eigenvalue weighted by Gasteiger charge is 2.17. The monoisotopic (exact) mass is 392 g/mol. The number of amides is 1. The average Bonchev–Trinajstić information content (AvgIpc) is 3.27. The SMILES string of the molecule is C/C(=N/NC(=O)c1cccnc1)c1c(C)[nH]n(-c2nc3ccccc3s2)c1=O. The number of pyridine rings is 1. The van der Waals surface area contributed by atoms with E-state index in [2.05, 4.69) is 25.6 Å². The predicted octanol–water partition coefficient (Wildman–Crippen LogP) is 2.63. The van der Waals surface area contributed by atoms with Crippen LogP contribution in [0.15, 0.2) is 58.7 Å². The predicted molar refractivity (Wildman–Crippen MR) is 108 cm³/mol. The van der Waals surface area contributed by atoms with E-state index < -0.39 is 5.91 Å². The highest BCUT2D eigenvalue weighted by molar-refractivity contribution is 7.20. The molecule has 4 rings (SSSR count). The van der Waals surface area contributed by atoms with E-state index in [0.29, 0.717) is 27.7 Å². The Hall–Kier alpha value is -3.59. The summed E-state index contributed by atoms with van der Waals surface area (Å²) in [6.45, 7) is 3.45. The largest absolute Gasteiger partial charge is 0.293 e. The lowest BCUT2D eigenvalue weighted by atomic mass is 10.2. The van der Waals surface area contributed by atoms with Crippen molar-refractivity contribution in [2.45, 2.75) is 13.8 Å². The normalized spacial score (nSPS) is 11.7. The second-order valence-corrected chi connectivity index (χ2v) is 7.11. The number of nitrogens with zero attached hydrogens (tertiary/aromatic N) is 4. The molecule has 0 spiro atoms. The van der Waals surface area contributed by atoms with Crippen LogP contribution in [-0.2, 0) is 0 Å². The Bertz CT molecular complexity index is 1220. The van der Waals surface area contributed by atoms with Gasteiger partial charge in [0, 0.05) is 18.1 Å². The fourth-order valence-corrected chi connectivity index (χ4v) is 3.74. The Kier molecular flexibility index (Phi) is 4.58. The minimum absolute atomic E-state index is 0.270. The molecular formula is C19H16N6O2S. The molecule has 1 amide bonds. The molecule has 3 heterocycles. The van der Waals surface area contributed by atoms with Gasteiger partial charge >= 0.3 is 0 Å². The first-order valence-electron chi connectivity index (χ1n) is 8.47. The molecule has 9 heteroatoms. The van der Waals surface area contributed by atoms with Gasteiger partial charge in [0.25, 0.3) is 11.5 Å². The Morgan fingerprint density at radius 1 is 1.25 bits per heavy atom. The first kappa shape index (κ1) is 17.8. The lowest BCUT2D eigenvalue weighted by Crippen LogP contribution is -2.23. The van der Waals surface area contributed by atoms with E-state index in [1.807, 2.05) is 24.3 Å². The minimum Gasteiger partial charge on any atom is -0.293 e. The first-order valence-corrected chi connectivity index (χ1v) is 9.29. The summed E-state index contributed by atoms with van der Waals surface area (Å²) < 4.78 is 2.39. The van der Waals surface area contributed by atoms with Gasteiger partial charge in [0.1, 0.15) is 0 Å². The molecule has 2 N–H and O–H groups in total. The molecule has 3 aromatic heterocycles. The molecule has 140 valence electrons. The topological polar surface area (TPSA) is 105 Å². The van der Waals surface area contributed by atoms with Crippen molar-refractivity contribution in [3.63, 3.8) is 0 Å². The summed E-state index contributed by atoms with van der Waals surface area (Å²) in [6, 6.07) is 11.0. The van der Waals surface area contributed by atoms with Gasteiger partial charge < -0.3 is 0 Å². The van der Waals surface area contributed by atoms with Crippen LogP contribution >= 0.6 is 11.3 Å². The number of hydrogen-bond acceptors (Lipinski definition) is 6. The number of thiazole rings is 1. The number of hydrogen-bond donors (Lipinski definition) is 2. The number of aryl methyl sites for hydroxylation is 1. The van der Waals surface area contributed by atoms with E-state index >= 15 is 0 Å². The molecule has 0 saturated heterocycles. The number of carbonyl (C=O) groups excluding carboxylic acids is 1. The van der Waals surface area contributed by atoms with Crippen molar-refractivity contribution < 1.29 is 4.79 Å². The lowest BCUT2D eigenvalue weighted by molar-refractivity contribution is 0.0954. The molecule has 0 saturated carbocycles. The van der Waals surface area contributed by atoms with Gasteiger partial charge in [-0.15, -0.1) is 0 Å².